The van der Waals surface area contributed by atoms with Gasteiger partial charge in [0.2, 0.25) is 0 Å². The van der Waals surface area contributed by atoms with Crippen LogP contribution in [0.1, 0.15) is 32.6 Å². The predicted octanol–water partition coefficient (Wildman–Crippen LogP) is 1.52. The molecule has 2 aliphatic carbocycles. The Balaban J connectivity index is 2.22. The molecule has 0 heterocycles. The number of hydrogen-bond acceptors (Lipinski definition) is 1. The van der Waals surface area contributed by atoms with Crippen LogP contribution < -0.4 is 5.73 Å². The summed E-state index contributed by atoms with van der Waals surface area (Å²) in [6.45, 7) is 2.35. The molecule has 0 amide bonds. The standard InChI is InChI=1S/C8H15N/c1-8-3-2-6(5-8)4-7(8)9/h6-7H,2-5,9H2,1H3/t6-,7+,8-/m1/s1. The van der Waals surface area contributed by atoms with Crippen molar-refractivity contribution in [3.8, 4) is 0 Å². The third-order valence-electron chi connectivity index (χ3n) is 3.36. The maximum absolute atomic E-state index is 5.95. The number of hydrogen-bond donors (Lipinski definition) is 1. The highest BCUT2D eigenvalue weighted by atomic mass is 14.7. The Labute approximate surface area is 56.6 Å². The Bertz CT molecular complexity index is 133. The van der Waals surface area contributed by atoms with Gasteiger partial charge in [-0.15, -0.1) is 0 Å². The van der Waals surface area contributed by atoms with Gasteiger partial charge >= 0.3 is 0 Å². The Morgan fingerprint density at radius 1 is 1.56 bits per heavy atom. The van der Waals surface area contributed by atoms with Gasteiger partial charge in [0.15, 0.2) is 0 Å². The first-order valence-electron chi connectivity index (χ1n) is 3.96. The molecule has 2 aliphatic rings. The van der Waals surface area contributed by atoms with Crippen LogP contribution in [0.4, 0.5) is 0 Å². The first-order valence-corrected chi connectivity index (χ1v) is 3.96. The fourth-order valence-electron chi connectivity index (χ4n) is 2.58. The summed E-state index contributed by atoms with van der Waals surface area (Å²) in [5.41, 5.74) is 6.50. The van der Waals surface area contributed by atoms with Crippen LogP contribution in [0.5, 0.6) is 0 Å². The molecule has 2 bridgehead atoms. The minimum Gasteiger partial charge on any atom is -0.327 e. The molecule has 2 rings (SSSR count). The third-order valence-corrected chi connectivity index (χ3v) is 3.36. The normalized spacial score (nSPS) is 56.7. The summed E-state index contributed by atoms with van der Waals surface area (Å²) in [5, 5.41) is 0. The molecule has 2 N–H and O–H groups in total. The van der Waals surface area contributed by atoms with Crippen LogP contribution in [0.25, 0.3) is 0 Å². The van der Waals surface area contributed by atoms with Gasteiger partial charge in [0.25, 0.3) is 0 Å². The molecular weight excluding hydrogens is 110 g/mol. The van der Waals surface area contributed by atoms with Gasteiger partial charge in [-0.2, -0.15) is 0 Å². The summed E-state index contributed by atoms with van der Waals surface area (Å²) >= 11 is 0. The Hall–Kier alpha value is -0.0400. The van der Waals surface area contributed by atoms with Gasteiger partial charge in [-0.25, -0.2) is 0 Å². The van der Waals surface area contributed by atoms with E-state index in [2.05, 4.69) is 6.92 Å². The zero-order valence-corrected chi connectivity index (χ0v) is 6.06. The van der Waals surface area contributed by atoms with Crippen molar-refractivity contribution >= 4 is 0 Å². The number of fused-ring (bicyclic) bond motifs is 2. The first-order chi connectivity index (χ1) is 4.21. The zero-order chi connectivity index (χ0) is 6.48. The van der Waals surface area contributed by atoms with Gasteiger partial charge in [0.1, 0.15) is 0 Å². The monoisotopic (exact) mass is 125 g/mol. The zero-order valence-electron chi connectivity index (χ0n) is 6.06. The van der Waals surface area contributed by atoms with Crippen LogP contribution in [-0.4, -0.2) is 6.04 Å². The fraction of sp³-hybridized carbons (Fsp3) is 1.00. The molecule has 0 aromatic heterocycles. The largest absolute Gasteiger partial charge is 0.327 e. The lowest BCUT2D eigenvalue weighted by Gasteiger charge is -2.27. The highest BCUT2D eigenvalue weighted by Crippen LogP contribution is 2.52. The van der Waals surface area contributed by atoms with E-state index in [-0.39, 0.29) is 0 Å². The Morgan fingerprint density at radius 3 is 2.56 bits per heavy atom. The molecule has 2 saturated carbocycles. The third kappa shape index (κ3) is 0.644. The van der Waals surface area contributed by atoms with Gasteiger partial charge in [-0.3, -0.25) is 0 Å². The summed E-state index contributed by atoms with van der Waals surface area (Å²) in [6.07, 6.45) is 5.55. The van der Waals surface area contributed by atoms with Crippen LogP contribution in [0.15, 0.2) is 0 Å². The minimum absolute atomic E-state index is 0.524. The molecule has 3 atom stereocenters. The summed E-state index contributed by atoms with van der Waals surface area (Å²) in [7, 11) is 0. The molecule has 0 aromatic carbocycles. The lowest BCUT2D eigenvalue weighted by Crippen LogP contribution is -2.34. The van der Waals surface area contributed by atoms with Crippen molar-refractivity contribution in [1.29, 1.82) is 0 Å². The van der Waals surface area contributed by atoms with Crippen LogP contribution in [0, 0.1) is 11.3 Å². The molecule has 0 aliphatic heterocycles. The van der Waals surface area contributed by atoms with Crippen LogP contribution >= 0.6 is 0 Å². The topological polar surface area (TPSA) is 26.0 Å². The van der Waals surface area contributed by atoms with Crippen molar-refractivity contribution in [1.82, 2.24) is 0 Å². The summed E-state index contributed by atoms with van der Waals surface area (Å²) in [4.78, 5) is 0. The lowest BCUT2D eigenvalue weighted by molar-refractivity contribution is 0.282. The van der Waals surface area contributed by atoms with E-state index in [9.17, 15) is 0 Å². The average molecular weight is 125 g/mol. The van der Waals surface area contributed by atoms with E-state index in [1.807, 2.05) is 0 Å². The highest BCUT2D eigenvalue weighted by molar-refractivity contribution is 5.00. The smallest absolute Gasteiger partial charge is 0.00956 e. The van der Waals surface area contributed by atoms with Crippen LogP contribution in [0.3, 0.4) is 0 Å². The van der Waals surface area contributed by atoms with Gasteiger partial charge in [-0.05, 0) is 37.0 Å². The van der Waals surface area contributed by atoms with Crippen molar-refractivity contribution in [3.05, 3.63) is 0 Å². The van der Waals surface area contributed by atoms with Gasteiger partial charge < -0.3 is 5.73 Å². The summed E-state index contributed by atoms with van der Waals surface area (Å²) < 4.78 is 0. The number of rotatable bonds is 0. The molecule has 0 radical (unpaired) electrons. The highest BCUT2D eigenvalue weighted by Gasteiger charge is 2.46. The second-order valence-corrected chi connectivity index (χ2v) is 4.11. The fourth-order valence-corrected chi connectivity index (χ4v) is 2.58. The molecule has 0 saturated heterocycles. The maximum atomic E-state index is 5.95. The van der Waals surface area contributed by atoms with E-state index in [0.29, 0.717) is 11.5 Å². The van der Waals surface area contributed by atoms with E-state index >= 15 is 0 Å². The Kier molecular flexibility index (Phi) is 0.963. The molecular formula is C8H15N. The average Bonchev–Trinajstić information content (AvgIpc) is 2.22. The van der Waals surface area contributed by atoms with E-state index in [4.69, 9.17) is 5.73 Å². The molecule has 0 unspecified atom stereocenters. The molecule has 1 nitrogen and oxygen atoms in total. The van der Waals surface area contributed by atoms with Crippen LogP contribution in [0.2, 0.25) is 0 Å². The van der Waals surface area contributed by atoms with Crippen molar-refractivity contribution < 1.29 is 0 Å². The van der Waals surface area contributed by atoms with Crippen molar-refractivity contribution in [3.63, 3.8) is 0 Å². The van der Waals surface area contributed by atoms with Crippen molar-refractivity contribution in [2.45, 2.75) is 38.6 Å². The molecule has 9 heavy (non-hydrogen) atoms. The van der Waals surface area contributed by atoms with Crippen molar-refractivity contribution in [2.24, 2.45) is 17.1 Å². The molecule has 52 valence electrons. The minimum atomic E-state index is 0.524. The Morgan fingerprint density at radius 2 is 2.33 bits per heavy atom. The molecule has 2 fully saturated rings. The number of nitrogens with two attached hydrogens (primary N) is 1. The van der Waals surface area contributed by atoms with Crippen LogP contribution in [-0.2, 0) is 0 Å². The van der Waals surface area contributed by atoms with E-state index < -0.39 is 0 Å². The maximum Gasteiger partial charge on any atom is 0.00956 e. The van der Waals surface area contributed by atoms with Gasteiger partial charge in [0.05, 0.1) is 0 Å². The molecule has 1 heteroatoms. The van der Waals surface area contributed by atoms with Gasteiger partial charge in [-0.1, -0.05) is 6.92 Å². The summed E-state index contributed by atoms with van der Waals surface area (Å²) in [5.74, 6) is 0.991. The summed E-state index contributed by atoms with van der Waals surface area (Å²) in [6, 6.07) is 0.524. The quantitative estimate of drug-likeness (QED) is 0.522. The van der Waals surface area contributed by atoms with E-state index in [1.54, 1.807) is 0 Å². The first kappa shape index (κ1) is 5.72. The lowest BCUT2D eigenvalue weighted by atomic mass is 9.83. The van der Waals surface area contributed by atoms with E-state index in [1.165, 1.54) is 25.7 Å². The van der Waals surface area contributed by atoms with Crippen molar-refractivity contribution in [2.75, 3.05) is 0 Å². The SMILES string of the molecule is C[C@]12CC[C@H](C[C@@H]1N)C2. The van der Waals surface area contributed by atoms with Gasteiger partial charge in [0, 0.05) is 6.04 Å². The molecule has 0 aromatic rings. The van der Waals surface area contributed by atoms with E-state index in [0.717, 1.165) is 5.92 Å². The second-order valence-electron chi connectivity index (χ2n) is 4.11. The molecule has 0 spiro atoms. The predicted molar refractivity (Wildman–Crippen MR) is 38.0 cm³/mol. The second kappa shape index (κ2) is 1.51.